The van der Waals surface area contributed by atoms with Crippen molar-refractivity contribution in [3.63, 3.8) is 0 Å². The van der Waals surface area contributed by atoms with Crippen LogP contribution in [0, 0.1) is 6.92 Å². The van der Waals surface area contributed by atoms with Crippen LogP contribution >= 0.6 is 0 Å². The Morgan fingerprint density at radius 3 is 2.54 bits per heavy atom. The van der Waals surface area contributed by atoms with Gasteiger partial charge in [0.25, 0.3) is 0 Å². The second-order valence-electron chi connectivity index (χ2n) is 5.54. The van der Waals surface area contributed by atoms with Crippen molar-refractivity contribution in [2.24, 2.45) is 0 Å². The van der Waals surface area contributed by atoms with E-state index in [0.717, 1.165) is 11.3 Å². The maximum atomic E-state index is 12.1. The van der Waals surface area contributed by atoms with Crippen molar-refractivity contribution < 1.29 is 14.3 Å². The van der Waals surface area contributed by atoms with E-state index in [1.165, 1.54) is 6.92 Å². The van der Waals surface area contributed by atoms with Crippen molar-refractivity contribution in [2.45, 2.75) is 20.3 Å². The minimum atomic E-state index is -0.130. The summed E-state index contributed by atoms with van der Waals surface area (Å²) in [7, 11) is 1.58. The molecular formula is C19H22N2O3. The lowest BCUT2D eigenvalue weighted by Gasteiger charge is -2.21. The highest BCUT2D eigenvalue weighted by Crippen LogP contribution is 2.21. The van der Waals surface area contributed by atoms with Crippen molar-refractivity contribution >= 4 is 23.2 Å². The van der Waals surface area contributed by atoms with Crippen molar-refractivity contribution in [2.75, 3.05) is 23.9 Å². The molecule has 0 atom stereocenters. The fraction of sp³-hybridized carbons (Fsp3) is 0.263. The van der Waals surface area contributed by atoms with Crippen LogP contribution in [0.5, 0.6) is 5.75 Å². The second kappa shape index (κ2) is 8.15. The van der Waals surface area contributed by atoms with E-state index in [2.05, 4.69) is 5.32 Å². The van der Waals surface area contributed by atoms with Crippen LogP contribution in [-0.2, 0) is 9.59 Å². The van der Waals surface area contributed by atoms with E-state index in [-0.39, 0.29) is 18.2 Å². The minimum absolute atomic E-state index is 0.119. The van der Waals surface area contributed by atoms with Gasteiger partial charge in [0.05, 0.1) is 7.11 Å². The predicted molar refractivity (Wildman–Crippen MR) is 95.4 cm³/mol. The van der Waals surface area contributed by atoms with E-state index in [9.17, 15) is 9.59 Å². The number of hydrogen-bond donors (Lipinski definition) is 1. The number of nitrogens with one attached hydrogen (secondary N) is 1. The number of anilines is 2. The maximum absolute atomic E-state index is 12.1. The molecule has 0 aliphatic heterocycles. The highest BCUT2D eigenvalue weighted by Gasteiger charge is 2.14. The van der Waals surface area contributed by atoms with Crippen LogP contribution < -0.4 is 15.0 Å². The number of aryl methyl sites for hydroxylation is 1. The fourth-order valence-corrected chi connectivity index (χ4v) is 2.41. The molecule has 0 spiro atoms. The summed E-state index contributed by atoms with van der Waals surface area (Å²) in [5.41, 5.74) is 2.55. The first-order valence-corrected chi connectivity index (χ1v) is 7.78. The van der Waals surface area contributed by atoms with Crippen LogP contribution in [0.4, 0.5) is 11.4 Å². The molecule has 24 heavy (non-hydrogen) atoms. The summed E-state index contributed by atoms with van der Waals surface area (Å²) in [6.45, 7) is 3.76. The average molecular weight is 326 g/mol. The summed E-state index contributed by atoms with van der Waals surface area (Å²) in [5, 5.41) is 2.85. The maximum Gasteiger partial charge on any atom is 0.226 e. The smallest absolute Gasteiger partial charge is 0.226 e. The molecule has 2 aromatic rings. The summed E-state index contributed by atoms with van der Waals surface area (Å²) in [5.74, 6) is 0.421. The van der Waals surface area contributed by atoms with Crippen molar-refractivity contribution in [1.29, 1.82) is 0 Å². The molecular weight excluding hydrogens is 304 g/mol. The lowest BCUT2D eigenvalue weighted by Crippen LogP contribution is -2.31. The number of carbonyl (C=O) groups excluding carboxylic acids is 2. The minimum Gasteiger partial charge on any atom is -0.497 e. The van der Waals surface area contributed by atoms with Crippen LogP contribution in [0.2, 0.25) is 0 Å². The molecule has 2 amide bonds. The van der Waals surface area contributed by atoms with Gasteiger partial charge < -0.3 is 15.0 Å². The molecule has 1 N–H and O–H groups in total. The molecule has 0 bridgehead atoms. The standard InChI is InChI=1S/C19H22N2O3/c1-14-6-4-7-16(12-14)20-19(23)10-11-21(15(2)22)17-8-5-9-18(13-17)24-3/h4-9,12-13H,10-11H2,1-3H3,(H,20,23). The van der Waals surface area contributed by atoms with Gasteiger partial charge in [-0.05, 0) is 36.8 Å². The van der Waals surface area contributed by atoms with Gasteiger partial charge in [-0.25, -0.2) is 0 Å². The van der Waals surface area contributed by atoms with Gasteiger partial charge in [0, 0.05) is 37.3 Å². The number of hydrogen-bond acceptors (Lipinski definition) is 3. The molecule has 0 aliphatic rings. The Morgan fingerprint density at radius 1 is 1.12 bits per heavy atom. The summed E-state index contributed by atoms with van der Waals surface area (Å²) >= 11 is 0. The van der Waals surface area contributed by atoms with E-state index in [1.807, 2.05) is 49.4 Å². The van der Waals surface area contributed by atoms with Crippen LogP contribution in [0.1, 0.15) is 18.9 Å². The van der Waals surface area contributed by atoms with Gasteiger partial charge in [0.1, 0.15) is 5.75 Å². The first-order chi connectivity index (χ1) is 11.5. The number of amides is 2. The topological polar surface area (TPSA) is 58.6 Å². The van der Waals surface area contributed by atoms with Gasteiger partial charge in [-0.1, -0.05) is 18.2 Å². The number of benzene rings is 2. The molecule has 5 heteroatoms. The Labute approximate surface area is 142 Å². The van der Waals surface area contributed by atoms with Gasteiger partial charge >= 0.3 is 0 Å². The molecule has 2 aromatic carbocycles. The molecule has 2 rings (SSSR count). The van der Waals surface area contributed by atoms with Crippen molar-refractivity contribution in [3.05, 3.63) is 54.1 Å². The quantitative estimate of drug-likeness (QED) is 0.885. The molecule has 0 saturated heterocycles. The third kappa shape index (κ3) is 4.84. The third-order valence-corrected chi connectivity index (χ3v) is 3.61. The van der Waals surface area contributed by atoms with Gasteiger partial charge in [0.15, 0.2) is 0 Å². The monoisotopic (exact) mass is 326 g/mol. The Balaban J connectivity index is 2.00. The summed E-state index contributed by atoms with van der Waals surface area (Å²) < 4.78 is 5.18. The highest BCUT2D eigenvalue weighted by molar-refractivity contribution is 5.94. The van der Waals surface area contributed by atoms with Crippen LogP contribution in [-0.4, -0.2) is 25.5 Å². The fourth-order valence-electron chi connectivity index (χ4n) is 2.41. The lowest BCUT2D eigenvalue weighted by molar-refractivity contribution is -0.117. The summed E-state index contributed by atoms with van der Waals surface area (Å²) in [6, 6.07) is 14.8. The molecule has 0 radical (unpaired) electrons. The van der Waals surface area contributed by atoms with E-state index in [1.54, 1.807) is 18.1 Å². The zero-order valence-corrected chi connectivity index (χ0v) is 14.2. The van der Waals surface area contributed by atoms with Gasteiger partial charge in [-0.2, -0.15) is 0 Å². The summed E-state index contributed by atoms with van der Waals surface area (Å²) in [4.78, 5) is 25.6. The molecule has 5 nitrogen and oxygen atoms in total. The number of nitrogens with zero attached hydrogens (tertiary/aromatic N) is 1. The Bertz CT molecular complexity index is 728. The van der Waals surface area contributed by atoms with E-state index < -0.39 is 0 Å². The largest absolute Gasteiger partial charge is 0.497 e. The van der Waals surface area contributed by atoms with Gasteiger partial charge in [-0.3, -0.25) is 9.59 Å². The van der Waals surface area contributed by atoms with Gasteiger partial charge in [0.2, 0.25) is 11.8 Å². The molecule has 0 aromatic heterocycles. The van der Waals surface area contributed by atoms with Crippen molar-refractivity contribution in [3.8, 4) is 5.75 Å². The summed E-state index contributed by atoms with van der Waals surface area (Å²) in [6.07, 6.45) is 0.213. The number of methoxy groups -OCH3 is 1. The Morgan fingerprint density at radius 2 is 1.88 bits per heavy atom. The predicted octanol–water partition coefficient (Wildman–Crippen LogP) is 3.39. The molecule has 0 fully saturated rings. The van der Waals surface area contributed by atoms with E-state index in [0.29, 0.717) is 18.0 Å². The first kappa shape index (κ1) is 17.5. The zero-order chi connectivity index (χ0) is 17.5. The van der Waals surface area contributed by atoms with Crippen LogP contribution in [0.15, 0.2) is 48.5 Å². The van der Waals surface area contributed by atoms with E-state index in [4.69, 9.17) is 4.74 Å². The molecule has 0 unspecified atom stereocenters. The SMILES string of the molecule is COc1cccc(N(CCC(=O)Nc2cccc(C)c2)C(C)=O)c1. The van der Waals surface area contributed by atoms with Crippen LogP contribution in [0.3, 0.4) is 0 Å². The Hall–Kier alpha value is -2.82. The first-order valence-electron chi connectivity index (χ1n) is 7.78. The molecule has 0 aliphatic carbocycles. The van der Waals surface area contributed by atoms with E-state index >= 15 is 0 Å². The van der Waals surface area contributed by atoms with Crippen molar-refractivity contribution in [1.82, 2.24) is 0 Å². The highest BCUT2D eigenvalue weighted by atomic mass is 16.5. The number of ether oxygens (including phenoxy) is 1. The number of carbonyl (C=O) groups is 2. The van der Waals surface area contributed by atoms with Gasteiger partial charge in [-0.15, -0.1) is 0 Å². The second-order valence-corrected chi connectivity index (χ2v) is 5.54. The number of rotatable bonds is 6. The molecule has 0 heterocycles. The Kier molecular flexibility index (Phi) is 5.95. The van der Waals surface area contributed by atoms with Crippen LogP contribution in [0.25, 0.3) is 0 Å². The third-order valence-electron chi connectivity index (χ3n) is 3.61. The average Bonchev–Trinajstić information content (AvgIpc) is 2.55. The normalized spacial score (nSPS) is 10.1. The molecule has 0 saturated carbocycles. The molecule has 126 valence electrons. The lowest BCUT2D eigenvalue weighted by atomic mass is 10.2. The zero-order valence-electron chi connectivity index (χ0n) is 14.2.